The molecule has 2 heterocycles. The third-order valence-corrected chi connectivity index (χ3v) is 4.86. The zero-order valence-electron chi connectivity index (χ0n) is 14.8. The Bertz CT molecular complexity index is 935. The molecule has 1 aliphatic heterocycles. The van der Waals surface area contributed by atoms with Crippen LogP contribution in [0.2, 0.25) is 0 Å². The summed E-state index contributed by atoms with van der Waals surface area (Å²) in [5.74, 6) is 1.10. The van der Waals surface area contributed by atoms with Gasteiger partial charge in [0.15, 0.2) is 0 Å². The second kappa shape index (κ2) is 6.88. The van der Waals surface area contributed by atoms with Gasteiger partial charge in [-0.25, -0.2) is 14.4 Å². The number of nitrogens with two attached hydrogens (primary N) is 1. The van der Waals surface area contributed by atoms with Crippen molar-refractivity contribution in [1.82, 2.24) is 14.9 Å². The molecule has 1 aliphatic rings. The third-order valence-electron chi connectivity index (χ3n) is 4.86. The molecule has 1 fully saturated rings. The van der Waals surface area contributed by atoms with Gasteiger partial charge >= 0.3 is 0 Å². The summed E-state index contributed by atoms with van der Waals surface area (Å²) in [7, 11) is 0. The van der Waals surface area contributed by atoms with Crippen molar-refractivity contribution in [1.29, 1.82) is 0 Å². The molecule has 2 N–H and O–H groups in total. The fraction of sp³-hybridized carbons (Fsp3) is 0.300. The van der Waals surface area contributed by atoms with Crippen molar-refractivity contribution in [2.24, 2.45) is 0 Å². The number of halogens is 1. The van der Waals surface area contributed by atoms with E-state index in [-0.39, 0.29) is 5.82 Å². The highest BCUT2D eigenvalue weighted by Crippen LogP contribution is 2.22. The van der Waals surface area contributed by atoms with Crippen LogP contribution >= 0.6 is 0 Å². The Kier molecular flexibility index (Phi) is 4.42. The molecule has 3 aromatic rings. The summed E-state index contributed by atoms with van der Waals surface area (Å²) in [5, 5.41) is 0.901. The van der Waals surface area contributed by atoms with Crippen LogP contribution in [0, 0.1) is 12.7 Å². The van der Waals surface area contributed by atoms with Gasteiger partial charge in [0, 0.05) is 31.6 Å². The SMILES string of the molecule is Cc1ccc2nc(CN3CCN(c4ccccc4F)CC3)nc(N)c2c1. The maximum absolute atomic E-state index is 14.0. The Labute approximate surface area is 152 Å². The van der Waals surface area contributed by atoms with Crippen molar-refractivity contribution in [2.75, 3.05) is 36.8 Å². The van der Waals surface area contributed by atoms with Crippen LogP contribution in [-0.4, -0.2) is 41.0 Å². The lowest BCUT2D eigenvalue weighted by Gasteiger charge is -2.35. The Balaban J connectivity index is 1.45. The lowest BCUT2D eigenvalue weighted by Crippen LogP contribution is -2.46. The van der Waals surface area contributed by atoms with E-state index in [1.54, 1.807) is 6.07 Å². The van der Waals surface area contributed by atoms with E-state index in [0.717, 1.165) is 48.5 Å². The molecule has 0 amide bonds. The smallest absolute Gasteiger partial charge is 0.146 e. The van der Waals surface area contributed by atoms with Gasteiger partial charge in [0.25, 0.3) is 0 Å². The average Bonchev–Trinajstić information content (AvgIpc) is 2.64. The number of para-hydroxylation sites is 1. The van der Waals surface area contributed by atoms with Crippen LogP contribution in [0.5, 0.6) is 0 Å². The highest BCUT2D eigenvalue weighted by molar-refractivity contribution is 5.88. The van der Waals surface area contributed by atoms with Crippen molar-refractivity contribution in [3.05, 3.63) is 59.7 Å². The fourth-order valence-corrected chi connectivity index (χ4v) is 3.44. The van der Waals surface area contributed by atoms with Gasteiger partial charge in [-0.05, 0) is 31.2 Å². The van der Waals surface area contributed by atoms with E-state index in [9.17, 15) is 4.39 Å². The van der Waals surface area contributed by atoms with Gasteiger partial charge in [0.05, 0.1) is 17.7 Å². The normalized spacial score (nSPS) is 15.5. The highest BCUT2D eigenvalue weighted by atomic mass is 19.1. The molecule has 1 aromatic heterocycles. The Morgan fingerprint density at radius 3 is 2.58 bits per heavy atom. The molecule has 4 rings (SSSR count). The number of aromatic nitrogens is 2. The number of rotatable bonds is 3. The van der Waals surface area contributed by atoms with Gasteiger partial charge in [-0.2, -0.15) is 0 Å². The molecule has 5 nitrogen and oxygen atoms in total. The number of hydrogen-bond acceptors (Lipinski definition) is 5. The third kappa shape index (κ3) is 3.32. The first-order valence-corrected chi connectivity index (χ1v) is 8.85. The Morgan fingerprint density at radius 1 is 1.04 bits per heavy atom. The van der Waals surface area contributed by atoms with E-state index in [1.165, 1.54) is 6.07 Å². The number of nitrogen functional groups attached to an aromatic ring is 1. The first kappa shape index (κ1) is 16.7. The van der Waals surface area contributed by atoms with Gasteiger partial charge in [0.1, 0.15) is 17.5 Å². The van der Waals surface area contributed by atoms with Gasteiger partial charge in [-0.15, -0.1) is 0 Å². The monoisotopic (exact) mass is 351 g/mol. The Morgan fingerprint density at radius 2 is 1.81 bits per heavy atom. The molecule has 0 radical (unpaired) electrons. The van der Waals surface area contributed by atoms with E-state index in [4.69, 9.17) is 5.73 Å². The molecule has 2 aromatic carbocycles. The molecule has 0 unspecified atom stereocenters. The van der Waals surface area contributed by atoms with Crippen LogP contribution in [-0.2, 0) is 6.54 Å². The second-order valence-electron chi connectivity index (χ2n) is 6.76. The molecule has 0 bridgehead atoms. The van der Waals surface area contributed by atoms with Gasteiger partial charge in [0.2, 0.25) is 0 Å². The molecule has 1 saturated heterocycles. The van der Waals surface area contributed by atoms with Gasteiger partial charge < -0.3 is 10.6 Å². The highest BCUT2D eigenvalue weighted by Gasteiger charge is 2.20. The minimum absolute atomic E-state index is 0.165. The van der Waals surface area contributed by atoms with Crippen LogP contribution in [0.15, 0.2) is 42.5 Å². The van der Waals surface area contributed by atoms with Crippen LogP contribution in [0.1, 0.15) is 11.4 Å². The summed E-state index contributed by atoms with van der Waals surface area (Å²) in [5.41, 5.74) is 8.82. The number of aryl methyl sites for hydroxylation is 1. The summed E-state index contributed by atoms with van der Waals surface area (Å²) >= 11 is 0. The van der Waals surface area contributed by atoms with Crippen LogP contribution < -0.4 is 10.6 Å². The zero-order chi connectivity index (χ0) is 18.1. The van der Waals surface area contributed by atoms with Crippen molar-refractivity contribution in [3.63, 3.8) is 0 Å². The standard InChI is InChI=1S/C20H22FN5/c1-14-6-7-17-15(12-14)20(22)24-19(23-17)13-25-8-10-26(11-9-25)18-5-3-2-4-16(18)21/h2-7,12H,8-11,13H2,1H3,(H2,22,23,24). The number of fused-ring (bicyclic) bond motifs is 1. The predicted molar refractivity (Wildman–Crippen MR) is 103 cm³/mol. The predicted octanol–water partition coefficient (Wildman–Crippen LogP) is 2.98. The van der Waals surface area contributed by atoms with Crippen molar-refractivity contribution < 1.29 is 4.39 Å². The van der Waals surface area contributed by atoms with Crippen molar-refractivity contribution >= 4 is 22.4 Å². The lowest BCUT2D eigenvalue weighted by atomic mass is 10.1. The molecule has 0 saturated carbocycles. The van der Waals surface area contributed by atoms with Crippen LogP contribution in [0.3, 0.4) is 0 Å². The molecule has 0 atom stereocenters. The molecular formula is C20H22FN5. The molecule has 26 heavy (non-hydrogen) atoms. The van der Waals surface area contributed by atoms with Gasteiger partial charge in [-0.1, -0.05) is 23.8 Å². The second-order valence-corrected chi connectivity index (χ2v) is 6.76. The van der Waals surface area contributed by atoms with Crippen LogP contribution in [0.4, 0.5) is 15.9 Å². The van der Waals surface area contributed by atoms with E-state index in [1.807, 2.05) is 37.3 Å². The Hall–Kier alpha value is -2.73. The zero-order valence-corrected chi connectivity index (χ0v) is 14.8. The van der Waals surface area contributed by atoms with Crippen molar-refractivity contribution in [2.45, 2.75) is 13.5 Å². The number of anilines is 2. The summed E-state index contributed by atoms with van der Waals surface area (Å²) in [6.07, 6.45) is 0. The first-order chi connectivity index (χ1) is 12.6. The minimum Gasteiger partial charge on any atom is -0.383 e. The number of piperazine rings is 1. The van der Waals surface area contributed by atoms with Crippen LogP contribution in [0.25, 0.3) is 10.9 Å². The van der Waals surface area contributed by atoms with E-state index >= 15 is 0 Å². The maximum Gasteiger partial charge on any atom is 0.146 e. The quantitative estimate of drug-likeness (QED) is 0.786. The van der Waals surface area contributed by atoms with E-state index in [2.05, 4.69) is 19.8 Å². The van der Waals surface area contributed by atoms with Crippen molar-refractivity contribution in [3.8, 4) is 0 Å². The van der Waals surface area contributed by atoms with E-state index < -0.39 is 0 Å². The summed E-state index contributed by atoms with van der Waals surface area (Å²) in [4.78, 5) is 13.5. The number of nitrogens with zero attached hydrogens (tertiary/aromatic N) is 4. The average molecular weight is 351 g/mol. The fourth-order valence-electron chi connectivity index (χ4n) is 3.44. The lowest BCUT2D eigenvalue weighted by molar-refractivity contribution is 0.244. The van der Waals surface area contributed by atoms with Gasteiger partial charge in [-0.3, -0.25) is 4.90 Å². The molecule has 6 heteroatoms. The minimum atomic E-state index is -0.165. The molecule has 0 spiro atoms. The topological polar surface area (TPSA) is 58.3 Å². The van der Waals surface area contributed by atoms with E-state index in [0.29, 0.717) is 18.1 Å². The summed E-state index contributed by atoms with van der Waals surface area (Å²) in [6.45, 7) is 5.92. The maximum atomic E-state index is 14.0. The summed E-state index contributed by atoms with van der Waals surface area (Å²) in [6, 6.07) is 13.0. The first-order valence-electron chi connectivity index (χ1n) is 8.85. The largest absolute Gasteiger partial charge is 0.383 e. The number of benzene rings is 2. The molecule has 0 aliphatic carbocycles. The molecule has 134 valence electrons. The molecular weight excluding hydrogens is 329 g/mol. The summed E-state index contributed by atoms with van der Waals surface area (Å²) < 4.78 is 14.0. The number of hydrogen-bond donors (Lipinski definition) is 1.